The van der Waals surface area contributed by atoms with E-state index in [0.29, 0.717) is 0 Å². The molecule has 1 aromatic heterocycles. The lowest BCUT2D eigenvalue weighted by atomic mass is 9.99. The average Bonchev–Trinajstić information content (AvgIpc) is 2.95. The van der Waals surface area contributed by atoms with E-state index in [1.807, 2.05) is 22.9 Å². The van der Waals surface area contributed by atoms with Crippen molar-refractivity contribution in [3.8, 4) is 0 Å². The van der Waals surface area contributed by atoms with E-state index in [4.69, 9.17) is 5.21 Å². The topological polar surface area (TPSA) is 66.5 Å². The summed E-state index contributed by atoms with van der Waals surface area (Å²) in [6.45, 7) is 4.55. The van der Waals surface area contributed by atoms with Gasteiger partial charge in [-0.1, -0.05) is 30.3 Å². The van der Waals surface area contributed by atoms with Gasteiger partial charge in [0.05, 0.1) is 12.3 Å². The van der Waals surface area contributed by atoms with Crippen LogP contribution in [0.5, 0.6) is 0 Å². The van der Waals surface area contributed by atoms with Crippen molar-refractivity contribution >= 4 is 11.4 Å². The molecule has 6 nitrogen and oxygen atoms in total. The first-order valence-electron chi connectivity index (χ1n) is 7.25. The van der Waals surface area contributed by atoms with E-state index in [1.165, 1.54) is 0 Å². The van der Waals surface area contributed by atoms with Crippen molar-refractivity contribution in [2.75, 3.05) is 11.4 Å². The predicted octanol–water partition coefficient (Wildman–Crippen LogP) is 2.28. The monoisotopic (exact) mass is 285 g/mol. The number of rotatable bonds is 4. The molecule has 0 atom stereocenters. The Bertz CT molecular complexity index is 649. The molecule has 1 aromatic carbocycles. The highest BCUT2D eigenvalue weighted by Crippen LogP contribution is 2.28. The molecule has 0 fully saturated rings. The Kier molecular flexibility index (Phi) is 3.85. The molecular formula is C15H19N5O. The van der Waals surface area contributed by atoms with Crippen molar-refractivity contribution in [1.29, 1.82) is 0 Å². The number of oxime groups is 1. The van der Waals surface area contributed by atoms with Gasteiger partial charge in [-0.05, 0) is 12.5 Å². The van der Waals surface area contributed by atoms with Crippen LogP contribution in [0.4, 0.5) is 5.69 Å². The second-order valence-corrected chi connectivity index (χ2v) is 5.13. The summed E-state index contributed by atoms with van der Waals surface area (Å²) in [7, 11) is 0. The second kappa shape index (κ2) is 5.95. The predicted molar refractivity (Wildman–Crippen MR) is 80.7 cm³/mol. The highest BCUT2D eigenvalue weighted by molar-refractivity contribution is 6.06. The zero-order valence-corrected chi connectivity index (χ0v) is 12.1. The lowest BCUT2D eigenvalue weighted by molar-refractivity contribution is 0.317. The molecule has 0 amide bonds. The van der Waals surface area contributed by atoms with Crippen LogP contribution in [-0.4, -0.2) is 32.2 Å². The van der Waals surface area contributed by atoms with E-state index in [-0.39, 0.29) is 0 Å². The average molecular weight is 285 g/mol. The molecule has 2 heterocycles. The molecule has 0 aliphatic carbocycles. The van der Waals surface area contributed by atoms with Crippen LogP contribution in [0.1, 0.15) is 31.2 Å². The maximum atomic E-state index is 9.14. The third-order valence-electron chi connectivity index (χ3n) is 3.76. The Morgan fingerprint density at radius 3 is 3.00 bits per heavy atom. The maximum absolute atomic E-state index is 9.14. The smallest absolute Gasteiger partial charge is 0.146 e. The van der Waals surface area contributed by atoms with Crippen molar-refractivity contribution in [2.24, 2.45) is 5.16 Å². The van der Waals surface area contributed by atoms with Gasteiger partial charge in [0.1, 0.15) is 12.2 Å². The van der Waals surface area contributed by atoms with Crippen molar-refractivity contribution in [3.05, 3.63) is 42.0 Å². The summed E-state index contributed by atoms with van der Waals surface area (Å²) in [5.74, 6) is 0.969. The molecule has 1 aliphatic heterocycles. The fraction of sp³-hybridized carbons (Fsp3) is 0.400. The van der Waals surface area contributed by atoms with Gasteiger partial charge in [0.2, 0.25) is 0 Å². The molecule has 110 valence electrons. The Hall–Kier alpha value is -2.37. The fourth-order valence-corrected chi connectivity index (χ4v) is 2.74. The van der Waals surface area contributed by atoms with Crippen molar-refractivity contribution in [1.82, 2.24) is 14.8 Å². The summed E-state index contributed by atoms with van der Waals surface area (Å²) in [6, 6.07) is 8.02. The largest absolute Gasteiger partial charge is 0.411 e. The summed E-state index contributed by atoms with van der Waals surface area (Å²) < 4.78 is 1.96. The van der Waals surface area contributed by atoms with E-state index in [1.54, 1.807) is 6.33 Å². The van der Waals surface area contributed by atoms with Gasteiger partial charge in [0.15, 0.2) is 0 Å². The lowest BCUT2D eigenvalue weighted by Crippen LogP contribution is -2.33. The van der Waals surface area contributed by atoms with Gasteiger partial charge in [-0.15, -0.1) is 0 Å². The normalized spacial score (nSPS) is 16.2. The summed E-state index contributed by atoms with van der Waals surface area (Å²) in [5.41, 5.74) is 2.83. The van der Waals surface area contributed by atoms with Crippen molar-refractivity contribution < 1.29 is 5.21 Å². The van der Waals surface area contributed by atoms with Crippen LogP contribution in [0.3, 0.4) is 0 Å². The van der Waals surface area contributed by atoms with Gasteiger partial charge in [-0.2, -0.15) is 5.10 Å². The minimum absolute atomic E-state index is 0.718. The molecule has 0 saturated heterocycles. The van der Waals surface area contributed by atoms with Gasteiger partial charge in [-0.3, -0.25) is 0 Å². The SMILES string of the molecule is CCCn1ncnc1CN1CCC(=NO)c2ccccc21. The zero-order chi connectivity index (χ0) is 14.7. The molecule has 1 aliphatic rings. The quantitative estimate of drug-likeness (QED) is 0.691. The standard InChI is InChI=1S/C15H19N5O/c1-2-8-20-15(16-11-17-20)10-19-9-7-13(18-21)12-5-3-4-6-14(12)19/h3-6,11,21H,2,7-10H2,1H3. The number of nitrogens with zero attached hydrogens (tertiary/aromatic N) is 5. The van der Waals surface area contributed by atoms with Crippen LogP contribution < -0.4 is 4.90 Å². The molecule has 21 heavy (non-hydrogen) atoms. The van der Waals surface area contributed by atoms with Gasteiger partial charge in [0, 0.05) is 30.8 Å². The number of hydrogen-bond donors (Lipinski definition) is 1. The molecule has 0 bridgehead atoms. The van der Waals surface area contributed by atoms with E-state index in [9.17, 15) is 0 Å². The molecular weight excluding hydrogens is 266 g/mol. The number of fused-ring (bicyclic) bond motifs is 1. The van der Waals surface area contributed by atoms with Crippen LogP contribution in [0.25, 0.3) is 0 Å². The Morgan fingerprint density at radius 1 is 1.33 bits per heavy atom. The lowest BCUT2D eigenvalue weighted by Gasteiger charge is -2.31. The zero-order valence-electron chi connectivity index (χ0n) is 12.1. The highest BCUT2D eigenvalue weighted by atomic mass is 16.4. The summed E-state index contributed by atoms with van der Waals surface area (Å²) >= 11 is 0. The van der Waals surface area contributed by atoms with Crippen LogP contribution in [-0.2, 0) is 13.1 Å². The third-order valence-corrected chi connectivity index (χ3v) is 3.76. The maximum Gasteiger partial charge on any atom is 0.146 e. The van der Waals surface area contributed by atoms with Gasteiger partial charge in [-0.25, -0.2) is 9.67 Å². The highest BCUT2D eigenvalue weighted by Gasteiger charge is 2.22. The number of para-hydroxylation sites is 1. The van der Waals surface area contributed by atoms with Crippen LogP contribution in [0.2, 0.25) is 0 Å². The molecule has 1 N–H and O–H groups in total. The number of anilines is 1. The molecule has 0 unspecified atom stereocenters. The summed E-state index contributed by atoms with van der Waals surface area (Å²) in [4.78, 5) is 6.64. The van der Waals surface area contributed by atoms with Crippen molar-refractivity contribution in [2.45, 2.75) is 32.9 Å². The summed E-state index contributed by atoms with van der Waals surface area (Å²) in [5, 5.41) is 16.8. The molecule has 0 saturated carbocycles. The van der Waals surface area contributed by atoms with Gasteiger partial charge < -0.3 is 10.1 Å². The second-order valence-electron chi connectivity index (χ2n) is 5.13. The number of hydrogen-bond acceptors (Lipinski definition) is 5. The number of aromatic nitrogens is 3. The minimum atomic E-state index is 0.718. The van der Waals surface area contributed by atoms with E-state index >= 15 is 0 Å². The number of benzene rings is 1. The first-order valence-corrected chi connectivity index (χ1v) is 7.25. The van der Waals surface area contributed by atoms with Crippen LogP contribution in [0.15, 0.2) is 35.7 Å². The van der Waals surface area contributed by atoms with Crippen molar-refractivity contribution in [3.63, 3.8) is 0 Å². The Morgan fingerprint density at radius 2 is 2.19 bits per heavy atom. The van der Waals surface area contributed by atoms with Gasteiger partial charge >= 0.3 is 0 Å². The first-order chi connectivity index (χ1) is 10.3. The Labute approximate surface area is 123 Å². The molecule has 3 rings (SSSR count). The minimum Gasteiger partial charge on any atom is -0.411 e. The Balaban J connectivity index is 1.88. The first kappa shape index (κ1) is 13.6. The third kappa shape index (κ3) is 2.61. The molecule has 2 aromatic rings. The van der Waals surface area contributed by atoms with Crippen LogP contribution in [0, 0.1) is 0 Å². The fourth-order valence-electron chi connectivity index (χ4n) is 2.74. The van der Waals surface area contributed by atoms with E-state index in [2.05, 4.69) is 33.1 Å². The van der Waals surface area contributed by atoms with E-state index < -0.39 is 0 Å². The van der Waals surface area contributed by atoms with Crippen LogP contribution >= 0.6 is 0 Å². The summed E-state index contributed by atoms with van der Waals surface area (Å²) in [6.07, 6.45) is 3.38. The van der Waals surface area contributed by atoms with E-state index in [0.717, 1.165) is 55.3 Å². The number of aryl methyl sites for hydroxylation is 1. The molecule has 0 radical (unpaired) electrons. The molecule has 6 heteroatoms. The van der Waals surface area contributed by atoms with Gasteiger partial charge in [0.25, 0.3) is 0 Å². The molecule has 0 spiro atoms.